The summed E-state index contributed by atoms with van der Waals surface area (Å²) < 4.78 is 4.36. The molecular weight excluding hydrogens is 656 g/mol. The summed E-state index contributed by atoms with van der Waals surface area (Å²) in [5.74, 6) is -2.17. The molecule has 2 heterocycles. The summed E-state index contributed by atoms with van der Waals surface area (Å²) >= 11 is 0. The first-order chi connectivity index (χ1) is 25.1. The van der Waals surface area contributed by atoms with Gasteiger partial charge in [0.15, 0.2) is 24.8 Å². The Morgan fingerprint density at radius 3 is 1.00 bits per heavy atom. The van der Waals surface area contributed by atoms with Gasteiger partial charge in [-0.15, -0.1) is 0 Å². The van der Waals surface area contributed by atoms with Crippen LogP contribution in [0.25, 0.3) is 0 Å². The highest BCUT2D eigenvalue weighted by atomic mass is 16.4. The van der Waals surface area contributed by atoms with E-state index in [0.29, 0.717) is 13.1 Å². The van der Waals surface area contributed by atoms with E-state index in [9.17, 15) is 9.59 Å². The van der Waals surface area contributed by atoms with Crippen LogP contribution in [0.15, 0.2) is 49.1 Å². The molecule has 2 rings (SSSR count). The van der Waals surface area contributed by atoms with Crippen molar-refractivity contribution < 1.29 is 38.5 Å². The second-order valence-electron chi connectivity index (χ2n) is 13.5. The molecular formula is C42H70N4O6. The molecule has 0 aliphatic carbocycles. The van der Waals surface area contributed by atoms with E-state index in [1.807, 2.05) is 49.1 Å². The molecule has 2 aromatic heterocycles. The molecule has 0 fully saturated rings. The molecule has 0 aliphatic rings. The van der Waals surface area contributed by atoms with Gasteiger partial charge in [-0.05, 0) is 39.5 Å². The van der Waals surface area contributed by atoms with Crippen molar-refractivity contribution in [1.82, 2.24) is 10.6 Å². The number of aromatic nitrogens is 2. The number of carboxylic acid groups (broad SMARTS) is 2. The first-order valence-electron chi connectivity index (χ1n) is 20.0. The molecule has 0 atom stereocenters. The van der Waals surface area contributed by atoms with Gasteiger partial charge in [0.25, 0.3) is 11.8 Å². The van der Waals surface area contributed by atoms with Crippen LogP contribution >= 0.6 is 0 Å². The van der Waals surface area contributed by atoms with Gasteiger partial charge >= 0.3 is 0 Å². The number of carboxylic acids is 2. The number of nitrogens with zero attached hydrogens (tertiary/aromatic N) is 2. The lowest BCUT2D eigenvalue weighted by Crippen LogP contribution is -2.33. The Labute approximate surface area is 314 Å². The minimum absolute atomic E-state index is 0.00141. The monoisotopic (exact) mass is 727 g/mol. The summed E-state index contributed by atoms with van der Waals surface area (Å²) in [6.45, 7) is 9.86. The molecule has 294 valence electrons. The minimum atomic E-state index is -1.08. The van der Waals surface area contributed by atoms with Gasteiger partial charge in [-0.1, -0.05) is 104 Å². The minimum Gasteiger partial charge on any atom is -0.550 e. The van der Waals surface area contributed by atoms with Crippen molar-refractivity contribution in [2.75, 3.05) is 13.1 Å². The van der Waals surface area contributed by atoms with Gasteiger partial charge in [-0.2, -0.15) is 0 Å². The van der Waals surface area contributed by atoms with E-state index in [4.69, 9.17) is 19.8 Å². The number of hydrogen-bond donors (Lipinski definition) is 2. The summed E-state index contributed by atoms with van der Waals surface area (Å²) in [6.07, 6.45) is 33.2. The summed E-state index contributed by atoms with van der Waals surface area (Å²) in [4.78, 5) is 42.7. The molecule has 0 radical (unpaired) electrons. The zero-order valence-electron chi connectivity index (χ0n) is 32.9. The number of amides is 2. The lowest BCUT2D eigenvalue weighted by Gasteiger charge is -2.07. The maximum absolute atomic E-state index is 12.5. The van der Waals surface area contributed by atoms with E-state index in [1.165, 1.54) is 103 Å². The quantitative estimate of drug-likeness (QED) is 0.0883. The maximum atomic E-state index is 12.5. The molecule has 0 unspecified atom stereocenters. The molecule has 0 saturated carbocycles. The molecule has 2 N–H and O–H groups in total. The van der Waals surface area contributed by atoms with Crippen LogP contribution in [0.3, 0.4) is 0 Å². The number of unbranched alkanes of at least 4 members (excludes halogenated alkanes) is 17. The summed E-state index contributed by atoms with van der Waals surface area (Å²) in [7, 11) is 0. The number of aryl methyl sites for hydroxylation is 2. The van der Waals surface area contributed by atoms with Crippen molar-refractivity contribution in [2.45, 2.75) is 169 Å². The van der Waals surface area contributed by atoms with Gasteiger partial charge < -0.3 is 30.4 Å². The van der Waals surface area contributed by atoms with Gasteiger partial charge in [0.1, 0.15) is 13.1 Å². The number of pyridine rings is 2. The van der Waals surface area contributed by atoms with Gasteiger partial charge in [-0.3, -0.25) is 9.59 Å². The van der Waals surface area contributed by atoms with E-state index in [0.717, 1.165) is 63.7 Å². The standard InChI is InChI=1S/C38H62N4O2.2C2H4O2/c1-3-5-7-9-11-13-17-21-29-41-31-23-35(24-32-41)37(43)39-27-19-15-16-20-28-40-38(44)36-25-33-42(34-26-36)30-22-18-14-12-10-8-6-4-2;2*1-2(3)4/h23-26,31-34H,3-22,27-30H2,1-2H3;2*1H3,(H,3,4). The molecule has 0 saturated heterocycles. The highest BCUT2D eigenvalue weighted by Crippen LogP contribution is 2.09. The first-order valence-corrected chi connectivity index (χ1v) is 20.0. The SMILES string of the molecule is CC(=O)[O-].CC(=O)[O-].CCCCCCCCCC[n+]1ccc(C(=O)NCCCCCCNC(=O)c2cc[n+](CCCCCCCCCC)cc2)cc1. The highest BCUT2D eigenvalue weighted by molar-refractivity contribution is 5.94. The molecule has 10 nitrogen and oxygen atoms in total. The van der Waals surface area contributed by atoms with Crippen molar-refractivity contribution in [2.24, 2.45) is 0 Å². The molecule has 0 bridgehead atoms. The number of hydrogen-bond acceptors (Lipinski definition) is 6. The smallest absolute Gasteiger partial charge is 0.251 e. The van der Waals surface area contributed by atoms with Crippen LogP contribution in [0.5, 0.6) is 0 Å². The van der Waals surface area contributed by atoms with E-state index in [2.05, 4.69) is 33.6 Å². The van der Waals surface area contributed by atoms with Crippen LogP contribution in [-0.4, -0.2) is 36.8 Å². The molecule has 10 heteroatoms. The fraction of sp³-hybridized carbons (Fsp3) is 0.667. The third kappa shape index (κ3) is 31.0. The van der Waals surface area contributed by atoms with E-state index < -0.39 is 11.9 Å². The van der Waals surface area contributed by atoms with Crippen molar-refractivity contribution >= 4 is 23.8 Å². The molecule has 52 heavy (non-hydrogen) atoms. The van der Waals surface area contributed by atoms with E-state index >= 15 is 0 Å². The Hall–Kier alpha value is -3.82. The molecule has 0 spiro atoms. The molecule has 2 amide bonds. The van der Waals surface area contributed by atoms with Crippen LogP contribution < -0.4 is 30.0 Å². The summed E-state index contributed by atoms with van der Waals surface area (Å²) in [5.41, 5.74) is 1.44. The predicted molar refractivity (Wildman–Crippen MR) is 203 cm³/mol. The van der Waals surface area contributed by atoms with Gasteiger partial charge in [0.05, 0.1) is 11.1 Å². The van der Waals surface area contributed by atoms with Crippen LogP contribution in [0.2, 0.25) is 0 Å². The van der Waals surface area contributed by atoms with Crippen molar-refractivity contribution in [3.8, 4) is 0 Å². The number of rotatable bonds is 27. The van der Waals surface area contributed by atoms with Crippen LogP contribution in [0.1, 0.15) is 177 Å². The zero-order chi connectivity index (χ0) is 38.7. The number of aliphatic carboxylic acids is 2. The highest BCUT2D eigenvalue weighted by Gasteiger charge is 2.09. The fourth-order valence-corrected chi connectivity index (χ4v) is 5.58. The summed E-state index contributed by atoms with van der Waals surface area (Å²) in [5, 5.41) is 23.9. The first kappa shape index (κ1) is 48.2. The van der Waals surface area contributed by atoms with E-state index in [-0.39, 0.29) is 11.8 Å². The van der Waals surface area contributed by atoms with Crippen LogP contribution in [-0.2, 0) is 22.7 Å². The lowest BCUT2D eigenvalue weighted by atomic mass is 10.1. The van der Waals surface area contributed by atoms with Gasteiger partial charge in [0, 0.05) is 62.1 Å². The fourth-order valence-electron chi connectivity index (χ4n) is 5.58. The average Bonchev–Trinajstić information content (AvgIpc) is 3.11. The normalized spacial score (nSPS) is 10.3. The largest absolute Gasteiger partial charge is 0.550 e. The van der Waals surface area contributed by atoms with Crippen LogP contribution in [0, 0.1) is 0 Å². The zero-order valence-corrected chi connectivity index (χ0v) is 32.9. The topological polar surface area (TPSA) is 146 Å². The Morgan fingerprint density at radius 2 is 0.712 bits per heavy atom. The van der Waals surface area contributed by atoms with Gasteiger partial charge in [-0.25, -0.2) is 9.13 Å². The number of carbonyl (C=O) groups excluding carboxylic acids is 4. The Bertz CT molecular complexity index is 1090. The Balaban J connectivity index is 0.00000293. The number of nitrogens with one attached hydrogen (secondary N) is 2. The maximum Gasteiger partial charge on any atom is 0.251 e. The Morgan fingerprint density at radius 1 is 0.462 bits per heavy atom. The predicted octanol–water partition coefficient (Wildman–Crippen LogP) is 5.78. The summed E-state index contributed by atoms with van der Waals surface area (Å²) in [6, 6.07) is 7.69. The second kappa shape index (κ2) is 34.3. The molecule has 0 aliphatic heterocycles. The molecule has 0 aromatic carbocycles. The second-order valence-corrected chi connectivity index (χ2v) is 13.5. The lowest BCUT2D eigenvalue weighted by molar-refractivity contribution is -0.697. The average molecular weight is 727 g/mol. The van der Waals surface area contributed by atoms with Crippen molar-refractivity contribution in [1.29, 1.82) is 0 Å². The Kier molecular flexibility index (Phi) is 31.8. The molecule has 2 aromatic rings. The third-order valence-electron chi connectivity index (χ3n) is 8.52. The van der Waals surface area contributed by atoms with Crippen molar-refractivity contribution in [3.05, 3.63) is 60.2 Å². The van der Waals surface area contributed by atoms with E-state index in [1.54, 1.807) is 0 Å². The van der Waals surface area contributed by atoms with Crippen LogP contribution in [0.4, 0.5) is 0 Å². The van der Waals surface area contributed by atoms with Gasteiger partial charge in [0.2, 0.25) is 0 Å². The van der Waals surface area contributed by atoms with Crippen molar-refractivity contribution in [3.63, 3.8) is 0 Å². The third-order valence-corrected chi connectivity index (χ3v) is 8.52. The number of carbonyl (C=O) groups is 4.